The van der Waals surface area contributed by atoms with E-state index in [9.17, 15) is 9.59 Å². The van der Waals surface area contributed by atoms with Crippen LogP contribution in [0.25, 0.3) is 10.8 Å². The number of nitrogens with one attached hydrogen (secondary N) is 1. The molecular weight excluding hydrogens is 290 g/mol. The molecule has 2 aromatic rings. The summed E-state index contributed by atoms with van der Waals surface area (Å²) in [5.41, 5.74) is 0.694. The molecular formula is C19H21NO3. The first-order valence-corrected chi connectivity index (χ1v) is 8.00. The monoisotopic (exact) mass is 311 g/mol. The van der Waals surface area contributed by atoms with Gasteiger partial charge in [0.05, 0.1) is 0 Å². The molecule has 1 fully saturated rings. The zero-order valence-corrected chi connectivity index (χ0v) is 13.5. The Morgan fingerprint density at radius 2 is 1.87 bits per heavy atom. The molecule has 3 rings (SSSR count). The highest BCUT2D eigenvalue weighted by Crippen LogP contribution is 2.32. The molecule has 0 bridgehead atoms. The first kappa shape index (κ1) is 15.5. The topological polar surface area (TPSA) is 55.4 Å². The maximum atomic E-state index is 11.9. The minimum Gasteiger partial charge on any atom is -0.484 e. The molecule has 0 aromatic heterocycles. The van der Waals surface area contributed by atoms with Gasteiger partial charge in [-0.3, -0.25) is 9.59 Å². The first-order chi connectivity index (χ1) is 11.0. The van der Waals surface area contributed by atoms with Crippen molar-refractivity contribution in [3.8, 4) is 5.75 Å². The second-order valence-corrected chi connectivity index (χ2v) is 6.26. The molecule has 1 aliphatic carbocycles. The number of ketones is 1. The standard InChI is InChI=1S/C19H21NO3/c1-12(14-3-4-14)20-19(22)11-23-18-8-7-16-9-15(13(2)21)5-6-17(16)10-18/h5-10,12,14H,3-4,11H2,1-2H3,(H,20,22). The summed E-state index contributed by atoms with van der Waals surface area (Å²) in [5.74, 6) is 1.25. The number of rotatable bonds is 6. The molecule has 0 radical (unpaired) electrons. The van der Waals surface area contributed by atoms with E-state index in [-0.39, 0.29) is 24.3 Å². The van der Waals surface area contributed by atoms with Crippen molar-refractivity contribution in [2.45, 2.75) is 32.7 Å². The molecule has 120 valence electrons. The minimum atomic E-state index is -0.0866. The van der Waals surface area contributed by atoms with E-state index >= 15 is 0 Å². The van der Waals surface area contributed by atoms with Crippen molar-refractivity contribution in [1.82, 2.24) is 5.32 Å². The molecule has 1 N–H and O–H groups in total. The number of Topliss-reactive ketones (excluding diaryl/α,β-unsaturated/α-hetero) is 1. The van der Waals surface area contributed by atoms with Crippen LogP contribution in [0.15, 0.2) is 36.4 Å². The number of fused-ring (bicyclic) bond motifs is 1. The number of benzene rings is 2. The van der Waals surface area contributed by atoms with Crippen molar-refractivity contribution in [2.24, 2.45) is 5.92 Å². The van der Waals surface area contributed by atoms with Gasteiger partial charge in [-0.25, -0.2) is 0 Å². The number of carbonyl (C=O) groups excluding carboxylic acids is 2. The third kappa shape index (κ3) is 3.89. The van der Waals surface area contributed by atoms with Gasteiger partial charge in [-0.15, -0.1) is 0 Å². The van der Waals surface area contributed by atoms with Gasteiger partial charge in [-0.05, 0) is 61.6 Å². The molecule has 0 saturated heterocycles. The molecule has 1 aliphatic rings. The highest BCUT2D eigenvalue weighted by Gasteiger charge is 2.28. The Morgan fingerprint density at radius 3 is 2.57 bits per heavy atom. The SMILES string of the molecule is CC(=O)c1ccc2cc(OCC(=O)NC(C)C3CC3)ccc2c1. The van der Waals surface area contributed by atoms with Crippen LogP contribution in [-0.2, 0) is 4.79 Å². The fraction of sp³-hybridized carbons (Fsp3) is 0.368. The summed E-state index contributed by atoms with van der Waals surface area (Å²) in [6.45, 7) is 3.62. The van der Waals surface area contributed by atoms with Gasteiger partial charge in [0.2, 0.25) is 0 Å². The van der Waals surface area contributed by atoms with E-state index in [1.54, 1.807) is 13.0 Å². The zero-order valence-electron chi connectivity index (χ0n) is 13.5. The summed E-state index contributed by atoms with van der Waals surface area (Å²) in [6, 6.07) is 11.4. The summed E-state index contributed by atoms with van der Waals surface area (Å²) < 4.78 is 5.58. The Hall–Kier alpha value is -2.36. The predicted octanol–water partition coefficient (Wildman–Crippen LogP) is 3.34. The van der Waals surface area contributed by atoms with Gasteiger partial charge in [-0.1, -0.05) is 18.2 Å². The van der Waals surface area contributed by atoms with Crippen LogP contribution in [0, 0.1) is 5.92 Å². The fourth-order valence-electron chi connectivity index (χ4n) is 2.69. The van der Waals surface area contributed by atoms with E-state index < -0.39 is 0 Å². The molecule has 0 aliphatic heterocycles. The Kier molecular flexibility index (Phi) is 4.33. The van der Waals surface area contributed by atoms with E-state index in [1.165, 1.54) is 12.8 Å². The van der Waals surface area contributed by atoms with E-state index in [2.05, 4.69) is 5.32 Å². The summed E-state index contributed by atoms with van der Waals surface area (Å²) >= 11 is 0. The predicted molar refractivity (Wildman–Crippen MR) is 89.8 cm³/mol. The lowest BCUT2D eigenvalue weighted by molar-refractivity contribution is -0.123. The molecule has 4 heteroatoms. The van der Waals surface area contributed by atoms with Crippen molar-refractivity contribution >= 4 is 22.5 Å². The molecule has 4 nitrogen and oxygen atoms in total. The second-order valence-electron chi connectivity index (χ2n) is 6.26. The Bertz CT molecular complexity index is 749. The second kappa shape index (κ2) is 6.41. The van der Waals surface area contributed by atoms with Crippen LogP contribution in [-0.4, -0.2) is 24.3 Å². The molecule has 2 aromatic carbocycles. The largest absolute Gasteiger partial charge is 0.484 e. The molecule has 0 heterocycles. The molecule has 0 spiro atoms. The number of hydrogen-bond donors (Lipinski definition) is 1. The molecule has 23 heavy (non-hydrogen) atoms. The summed E-state index contributed by atoms with van der Waals surface area (Å²) in [5, 5.41) is 4.94. The van der Waals surface area contributed by atoms with Crippen molar-refractivity contribution in [3.63, 3.8) is 0 Å². The third-order valence-electron chi connectivity index (χ3n) is 4.31. The normalized spacial score (nSPS) is 15.2. The van der Waals surface area contributed by atoms with Crippen molar-refractivity contribution in [2.75, 3.05) is 6.61 Å². The van der Waals surface area contributed by atoms with Crippen LogP contribution in [0.4, 0.5) is 0 Å². The smallest absolute Gasteiger partial charge is 0.258 e. The number of ether oxygens (including phenoxy) is 1. The third-order valence-corrected chi connectivity index (χ3v) is 4.31. The van der Waals surface area contributed by atoms with Gasteiger partial charge in [0.15, 0.2) is 12.4 Å². The minimum absolute atomic E-state index is 0.0219. The summed E-state index contributed by atoms with van der Waals surface area (Å²) in [6.07, 6.45) is 2.41. The zero-order chi connectivity index (χ0) is 16.4. The van der Waals surface area contributed by atoms with Gasteiger partial charge < -0.3 is 10.1 Å². The number of hydrogen-bond acceptors (Lipinski definition) is 3. The first-order valence-electron chi connectivity index (χ1n) is 8.00. The molecule has 1 atom stereocenters. The maximum Gasteiger partial charge on any atom is 0.258 e. The maximum absolute atomic E-state index is 11.9. The Labute approximate surface area is 135 Å². The van der Waals surface area contributed by atoms with Gasteiger partial charge >= 0.3 is 0 Å². The molecule has 1 amide bonds. The van der Waals surface area contributed by atoms with Crippen LogP contribution in [0.2, 0.25) is 0 Å². The lowest BCUT2D eigenvalue weighted by Gasteiger charge is -2.13. The van der Waals surface area contributed by atoms with Gasteiger partial charge in [0.25, 0.3) is 5.91 Å². The fourth-order valence-corrected chi connectivity index (χ4v) is 2.69. The summed E-state index contributed by atoms with van der Waals surface area (Å²) in [4.78, 5) is 23.3. The Morgan fingerprint density at radius 1 is 1.17 bits per heavy atom. The van der Waals surface area contributed by atoms with Gasteiger partial charge in [0, 0.05) is 11.6 Å². The van der Waals surface area contributed by atoms with Crippen LogP contribution >= 0.6 is 0 Å². The number of amides is 1. The highest BCUT2D eigenvalue weighted by atomic mass is 16.5. The van der Waals surface area contributed by atoms with Crippen LogP contribution in [0.3, 0.4) is 0 Å². The van der Waals surface area contributed by atoms with Crippen molar-refractivity contribution < 1.29 is 14.3 Å². The molecule has 1 unspecified atom stereocenters. The number of carbonyl (C=O) groups is 2. The van der Waals surface area contributed by atoms with Crippen molar-refractivity contribution in [1.29, 1.82) is 0 Å². The highest BCUT2D eigenvalue weighted by molar-refractivity contribution is 5.98. The van der Waals surface area contributed by atoms with E-state index in [1.807, 2.05) is 37.3 Å². The van der Waals surface area contributed by atoms with E-state index in [0.29, 0.717) is 17.2 Å². The van der Waals surface area contributed by atoms with Crippen LogP contribution in [0.5, 0.6) is 5.75 Å². The van der Waals surface area contributed by atoms with Crippen molar-refractivity contribution in [3.05, 3.63) is 42.0 Å². The summed E-state index contributed by atoms with van der Waals surface area (Å²) in [7, 11) is 0. The Balaban J connectivity index is 1.62. The average Bonchev–Trinajstić information content (AvgIpc) is 3.37. The van der Waals surface area contributed by atoms with Gasteiger partial charge in [0.1, 0.15) is 5.75 Å². The average molecular weight is 311 g/mol. The lowest BCUT2D eigenvalue weighted by Crippen LogP contribution is -2.37. The van der Waals surface area contributed by atoms with Crippen LogP contribution < -0.4 is 10.1 Å². The van der Waals surface area contributed by atoms with E-state index in [0.717, 1.165) is 10.8 Å². The molecule has 1 saturated carbocycles. The lowest BCUT2D eigenvalue weighted by atomic mass is 10.0. The quantitative estimate of drug-likeness (QED) is 0.833. The van der Waals surface area contributed by atoms with Gasteiger partial charge in [-0.2, -0.15) is 0 Å². The van der Waals surface area contributed by atoms with E-state index in [4.69, 9.17) is 4.74 Å². The van der Waals surface area contributed by atoms with Crippen LogP contribution in [0.1, 0.15) is 37.0 Å².